The first-order chi connectivity index (χ1) is 18.9. The minimum Gasteiger partial charge on any atom is -0.497 e. The molecule has 1 amide bonds. The van der Waals surface area contributed by atoms with Gasteiger partial charge >= 0.3 is 0 Å². The molecule has 0 spiro atoms. The fraction of sp³-hybridized carbons (Fsp3) is 0.267. The number of carbonyl (C=O) groups excluding carboxylic acids is 1. The van der Waals surface area contributed by atoms with Crippen molar-refractivity contribution in [1.82, 2.24) is 5.32 Å². The Labute approximate surface area is 225 Å². The Kier molecular flexibility index (Phi) is 8.93. The third-order valence-corrected chi connectivity index (χ3v) is 6.37. The summed E-state index contributed by atoms with van der Waals surface area (Å²) < 4.78 is 45.8. The fourth-order valence-corrected chi connectivity index (χ4v) is 4.36. The summed E-state index contributed by atoms with van der Waals surface area (Å²) in [6.07, 6.45) is 1.28. The van der Waals surface area contributed by atoms with Crippen LogP contribution in [0.2, 0.25) is 0 Å². The molecule has 1 aliphatic heterocycles. The van der Waals surface area contributed by atoms with Crippen LogP contribution in [0.25, 0.3) is 0 Å². The van der Waals surface area contributed by atoms with Crippen molar-refractivity contribution < 1.29 is 32.9 Å². The number of aliphatic hydroxyl groups is 1. The number of hydrogen-bond donors (Lipinski definition) is 2. The lowest BCUT2D eigenvalue weighted by Crippen LogP contribution is -2.48. The molecule has 39 heavy (non-hydrogen) atoms. The third kappa shape index (κ3) is 6.09. The first kappa shape index (κ1) is 27.8. The summed E-state index contributed by atoms with van der Waals surface area (Å²) in [5.41, 5.74) is -0.526. The zero-order valence-corrected chi connectivity index (χ0v) is 21.5. The van der Waals surface area contributed by atoms with Crippen LogP contribution in [0.1, 0.15) is 35.6 Å². The zero-order valence-electron chi connectivity index (χ0n) is 21.5. The van der Waals surface area contributed by atoms with Crippen molar-refractivity contribution in [2.24, 2.45) is 4.99 Å². The van der Waals surface area contributed by atoms with E-state index in [0.29, 0.717) is 35.7 Å². The van der Waals surface area contributed by atoms with E-state index < -0.39 is 29.2 Å². The number of nitrogens with zero attached hydrogens (tertiary/aromatic N) is 1. The third-order valence-electron chi connectivity index (χ3n) is 6.37. The van der Waals surface area contributed by atoms with Crippen LogP contribution >= 0.6 is 0 Å². The van der Waals surface area contributed by atoms with E-state index in [1.807, 2.05) is 0 Å². The van der Waals surface area contributed by atoms with Crippen LogP contribution in [0.4, 0.5) is 8.78 Å². The van der Waals surface area contributed by atoms with Crippen LogP contribution in [-0.4, -0.2) is 42.8 Å². The number of aliphatic hydroxyl groups excluding tert-OH is 1. The van der Waals surface area contributed by atoms with Crippen molar-refractivity contribution in [2.45, 2.75) is 31.0 Å². The number of carbonyl (C=O) groups is 1. The van der Waals surface area contributed by atoms with Gasteiger partial charge in [-0.2, -0.15) is 0 Å². The number of ether oxygens (including phenoxy) is 3. The van der Waals surface area contributed by atoms with E-state index in [1.165, 1.54) is 13.2 Å². The van der Waals surface area contributed by atoms with Crippen LogP contribution < -0.4 is 14.8 Å². The van der Waals surface area contributed by atoms with Gasteiger partial charge in [0.05, 0.1) is 13.7 Å². The van der Waals surface area contributed by atoms with Gasteiger partial charge in [-0.3, -0.25) is 4.79 Å². The molecule has 3 aromatic rings. The molecule has 2 N–H and O–H groups in total. The molecule has 2 atom stereocenters. The highest BCUT2D eigenvalue weighted by molar-refractivity contribution is 6.01. The molecule has 0 saturated carbocycles. The first-order valence-corrected chi connectivity index (χ1v) is 12.5. The molecule has 1 heterocycles. The Morgan fingerprint density at radius 1 is 1.13 bits per heavy atom. The summed E-state index contributed by atoms with van der Waals surface area (Å²) in [4.78, 5) is 18.6. The van der Waals surface area contributed by atoms with Gasteiger partial charge in [-0.15, -0.1) is 6.58 Å². The summed E-state index contributed by atoms with van der Waals surface area (Å²) >= 11 is 0. The molecule has 0 bridgehead atoms. The summed E-state index contributed by atoms with van der Waals surface area (Å²) in [5.74, 6) is -0.695. The number of benzene rings is 3. The number of halogens is 2. The number of nitrogens with one attached hydrogen (secondary N) is 1. The van der Waals surface area contributed by atoms with Gasteiger partial charge in [-0.1, -0.05) is 24.3 Å². The second-order valence-electron chi connectivity index (χ2n) is 8.94. The van der Waals surface area contributed by atoms with Crippen LogP contribution in [0.5, 0.6) is 11.5 Å². The van der Waals surface area contributed by atoms with Crippen molar-refractivity contribution in [3.63, 3.8) is 0 Å². The molecule has 0 radical (unpaired) electrons. The number of rotatable bonds is 12. The topological polar surface area (TPSA) is 89.4 Å². The molecule has 1 aliphatic rings. The molecule has 3 aromatic carbocycles. The number of hydrogen-bond acceptors (Lipinski definition) is 6. The van der Waals surface area contributed by atoms with Crippen LogP contribution in [-0.2, 0) is 16.1 Å². The molecule has 9 heteroatoms. The predicted octanol–water partition coefficient (Wildman–Crippen LogP) is 4.88. The van der Waals surface area contributed by atoms with Gasteiger partial charge < -0.3 is 24.6 Å². The SMILES string of the molecule is C=CC[C@@]1(C(=O)NCc2c(F)cccc2F)N=C(c2ccc(OCCCO)cc2)O[C@@H]1c1cccc(OC)c1. The number of amides is 1. The molecular formula is C30H30F2N2O5. The van der Waals surface area contributed by atoms with E-state index >= 15 is 0 Å². The van der Waals surface area contributed by atoms with E-state index in [2.05, 4.69) is 11.9 Å². The maximum Gasteiger partial charge on any atom is 0.252 e. The summed E-state index contributed by atoms with van der Waals surface area (Å²) in [7, 11) is 1.54. The highest BCUT2D eigenvalue weighted by Crippen LogP contribution is 2.43. The van der Waals surface area contributed by atoms with Gasteiger partial charge in [-0.05, 0) is 54.1 Å². The van der Waals surface area contributed by atoms with Gasteiger partial charge in [0.2, 0.25) is 5.90 Å². The average molecular weight is 537 g/mol. The minimum absolute atomic E-state index is 0.0331. The standard InChI is InChI=1S/C30H30F2N2O5/c1-3-15-30(29(36)33-19-24-25(31)9-5-10-26(24)32)27(21-7-4-8-23(18-21)37-2)39-28(34-30)20-11-13-22(14-12-20)38-17-6-16-35/h3-5,7-14,18,27,35H,1,6,15-17,19H2,2H3,(H,33,36)/t27-,30-/m1/s1. The number of aliphatic imine (C=N–C) groups is 1. The van der Waals surface area contributed by atoms with Crippen molar-refractivity contribution in [2.75, 3.05) is 20.3 Å². The average Bonchev–Trinajstić information content (AvgIpc) is 3.34. The number of methoxy groups -OCH3 is 1. The summed E-state index contributed by atoms with van der Waals surface area (Å²) in [5, 5.41) is 11.6. The van der Waals surface area contributed by atoms with E-state index in [1.54, 1.807) is 54.6 Å². The largest absolute Gasteiger partial charge is 0.497 e. The zero-order chi connectivity index (χ0) is 27.8. The molecule has 4 rings (SSSR count). The molecule has 204 valence electrons. The molecule has 0 fully saturated rings. The molecule has 0 unspecified atom stereocenters. The van der Waals surface area contributed by atoms with Crippen LogP contribution in [0.3, 0.4) is 0 Å². The lowest BCUT2D eigenvalue weighted by molar-refractivity contribution is -0.129. The molecule has 7 nitrogen and oxygen atoms in total. The van der Waals surface area contributed by atoms with Gasteiger partial charge in [0, 0.05) is 37.1 Å². The Hall–Kier alpha value is -4.24. The van der Waals surface area contributed by atoms with Gasteiger partial charge in [-0.25, -0.2) is 13.8 Å². The van der Waals surface area contributed by atoms with Crippen molar-refractivity contribution >= 4 is 11.8 Å². The van der Waals surface area contributed by atoms with Crippen LogP contribution in [0, 0.1) is 11.6 Å². The quantitative estimate of drug-likeness (QED) is 0.254. The minimum atomic E-state index is -1.51. The monoisotopic (exact) mass is 536 g/mol. The highest BCUT2D eigenvalue weighted by Gasteiger charge is 2.52. The first-order valence-electron chi connectivity index (χ1n) is 12.5. The molecule has 0 aliphatic carbocycles. The van der Waals surface area contributed by atoms with Crippen molar-refractivity contribution in [1.29, 1.82) is 0 Å². The van der Waals surface area contributed by atoms with E-state index in [4.69, 9.17) is 24.3 Å². The Balaban J connectivity index is 1.70. The van der Waals surface area contributed by atoms with E-state index in [0.717, 1.165) is 12.1 Å². The molecular weight excluding hydrogens is 506 g/mol. The second-order valence-corrected chi connectivity index (χ2v) is 8.94. The Bertz CT molecular complexity index is 1330. The predicted molar refractivity (Wildman–Crippen MR) is 143 cm³/mol. The lowest BCUT2D eigenvalue weighted by Gasteiger charge is -2.30. The lowest BCUT2D eigenvalue weighted by atomic mass is 9.84. The van der Waals surface area contributed by atoms with Gasteiger partial charge in [0.15, 0.2) is 11.6 Å². The smallest absolute Gasteiger partial charge is 0.252 e. The second kappa shape index (κ2) is 12.5. The summed E-state index contributed by atoms with van der Waals surface area (Å²) in [6, 6.07) is 17.6. The molecule has 0 aromatic heterocycles. The maximum absolute atomic E-state index is 14.3. The Morgan fingerprint density at radius 2 is 1.85 bits per heavy atom. The van der Waals surface area contributed by atoms with E-state index in [9.17, 15) is 13.6 Å². The van der Waals surface area contributed by atoms with Gasteiger partial charge in [0.25, 0.3) is 5.91 Å². The normalized spacial score (nSPS) is 18.2. The molecule has 0 saturated heterocycles. The maximum atomic E-state index is 14.3. The van der Waals surface area contributed by atoms with Gasteiger partial charge in [0.1, 0.15) is 23.1 Å². The van der Waals surface area contributed by atoms with Crippen molar-refractivity contribution in [3.05, 3.63) is 108 Å². The highest BCUT2D eigenvalue weighted by atomic mass is 19.1. The van der Waals surface area contributed by atoms with Crippen LogP contribution in [0.15, 0.2) is 84.4 Å². The van der Waals surface area contributed by atoms with Crippen molar-refractivity contribution in [3.8, 4) is 11.5 Å². The Morgan fingerprint density at radius 3 is 2.51 bits per heavy atom. The summed E-state index contributed by atoms with van der Waals surface area (Å²) in [6.45, 7) is 3.86. The van der Waals surface area contributed by atoms with E-state index in [-0.39, 0.29) is 31.0 Å². The fourth-order valence-electron chi connectivity index (χ4n) is 4.36.